The molecule has 0 bridgehead atoms. The number of piperazine rings is 1. The lowest BCUT2D eigenvalue weighted by Gasteiger charge is -2.32. The molecule has 0 aromatic carbocycles. The van der Waals surface area contributed by atoms with Crippen LogP contribution >= 0.6 is 15.9 Å². The van der Waals surface area contributed by atoms with E-state index < -0.39 is 10.0 Å². The molecule has 6 nitrogen and oxygen atoms in total. The molecule has 8 heteroatoms. The maximum atomic E-state index is 12.9. The van der Waals surface area contributed by atoms with E-state index in [0.29, 0.717) is 18.0 Å². The minimum Gasteiger partial charge on any atom is -0.367 e. The zero-order valence-corrected chi connectivity index (χ0v) is 14.2. The number of sulfonamides is 1. The zero-order valence-electron chi connectivity index (χ0n) is 11.8. The summed E-state index contributed by atoms with van der Waals surface area (Å²) in [4.78, 5) is 6.52. The van der Waals surface area contributed by atoms with Crippen LogP contribution in [0.2, 0.25) is 0 Å². The molecule has 3 rings (SSSR count). The standard InChI is InChI=1S/C13H19BrN4O2S/c14-11-9-16-10-12(13(11)17-7-3-15-4-8-17)21(19,20)18-5-1-2-6-18/h9-10,15H,1-8H2. The minimum atomic E-state index is -3.46. The molecular weight excluding hydrogens is 356 g/mol. The van der Waals surface area contributed by atoms with Gasteiger partial charge in [-0.25, -0.2) is 8.42 Å². The first-order chi connectivity index (χ1) is 10.1. The van der Waals surface area contributed by atoms with Crippen molar-refractivity contribution in [3.05, 3.63) is 16.9 Å². The van der Waals surface area contributed by atoms with E-state index >= 15 is 0 Å². The number of anilines is 1. The Balaban J connectivity index is 2.03. The van der Waals surface area contributed by atoms with Crippen LogP contribution < -0.4 is 10.2 Å². The fourth-order valence-electron chi connectivity index (χ4n) is 2.86. The summed E-state index contributed by atoms with van der Waals surface area (Å²) in [5, 5.41) is 3.28. The van der Waals surface area contributed by atoms with Gasteiger partial charge in [0.05, 0.1) is 10.2 Å². The Morgan fingerprint density at radius 3 is 2.43 bits per heavy atom. The van der Waals surface area contributed by atoms with E-state index in [1.165, 1.54) is 6.20 Å². The summed E-state index contributed by atoms with van der Waals surface area (Å²) < 4.78 is 28.1. The largest absolute Gasteiger partial charge is 0.367 e. The topological polar surface area (TPSA) is 65.5 Å². The first-order valence-electron chi connectivity index (χ1n) is 7.20. The molecule has 21 heavy (non-hydrogen) atoms. The van der Waals surface area contributed by atoms with Gasteiger partial charge in [-0.15, -0.1) is 0 Å². The summed E-state index contributed by atoms with van der Waals surface area (Å²) in [5.74, 6) is 0. The number of nitrogens with one attached hydrogen (secondary N) is 1. The van der Waals surface area contributed by atoms with Gasteiger partial charge in [0.1, 0.15) is 4.90 Å². The molecule has 0 atom stereocenters. The molecule has 0 amide bonds. The number of aromatic nitrogens is 1. The predicted octanol–water partition coefficient (Wildman–Crippen LogP) is 1.04. The second-order valence-corrected chi connectivity index (χ2v) is 8.08. The lowest BCUT2D eigenvalue weighted by molar-refractivity contribution is 0.476. The Hall–Kier alpha value is -0.700. The van der Waals surface area contributed by atoms with Gasteiger partial charge in [0.15, 0.2) is 0 Å². The molecule has 2 aliphatic rings. The highest BCUT2D eigenvalue weighted by Crippen LogP contribution is 2.35. The van der Waals surface area contributed by atoms with E-state index in [2.05, 4.69) is 31.1 Å². The van der Waals surface area contributed by atoms with Crippen molar-refractivity contribution in [1.29, 1.82) is 0 Å². The lowest BCUT2D eigenvalue weighted by Crippen LogP contribution is -2.44. The Morgan fingerprint density at radius 2 is 1.76 bits per heavy atom. The van der Waals surface area contributed by atoms with Crippen LogP contribution in [-0.2, 0) is 10.0 Å². The first-order valence-corrected chi connectivity index (χ1v) is 9.43. The highest BCUT2D eigenvalue weighted by Gasteiger charge is 2.32. The van der Waals surface area contributed by atoms with Gasteiger partial charge in [-0.1, -0.05) is 0 Å². The number of halogens is 1. The molecule has 0 unspecified atom stereocenters. The van der Waals surface area contributed by atoms with Gasteiger partial charge in [0, 0.05) is 51.7 Å². The van der Waals surface area contributed by atoms with Crippen molar-refractivity contribution in [3.63, 3.8) is 0 Å². The maximum absolute atomic E-state index is 12.9. The summed E-state index contributed by atoms with van der Waals surface area (Å²) >= 11 is 3.48. The summed E-state index contributed by atoms with van der Waals surface area (Å²) in [7, 11) is -3.46. The predicted molar refractivity (Wildman–Crippen MR) is 85.0 cm³/mol. The van der Waals surface area contributed by atoms with Crippen molar-refractivity contribution in [2.45, 2.75) is 17.7 Å². The van der Waals surface area contributed by atoms with Gasteiger partial charge < -0.3 is 10.2 Å². The van der Waals surface area contributed by atoms with Crippen LogP contribution in [0.4, 0.5) is 5.69 Å². The number of rotatable bonds is 3. The fourth-order valence-corrected chi connectivity index (χ4v) is 5.27. The third-order valence-corrected chi connectivity index (χ3v) is 6.44. The molecule has 2 aliphatic heterocycles. The van der Waals surface area contributed by atoms with E-state index in [-0.39, 0.29) is 0 Å². The number of nitrogens with zero attached hydrogens (tertiary/aromatic N) is 3. The van der Waals surface area contributed by atoms with Crippen LogP contribution in [0.15, 0.2) is 21.8 Å². The van der Waals surface area contributed by atoms with E-state index in [9.17, 15) is 8.42 Å². The Bertz CT molecular complexity index is 611. The third kappa shape index (κ3) is 2.94. The van der Waals surface area contributed by atoms with Crippen LogP contribution in [-0.4, -0.2) is 57.0 Å². The van der Waals surface area contributed by atoms with Crippen molar-refractivity contribution in [2.75, 3.05) is 44.2 Å². The second kappa shape index (κ2) is 6.20. The first kappa shape index (κ1) is 15.2. The van der Waals surface area contributed by atoms with Gasteiger partial charge in [0.25, 0.3) is 0 Å². The Kier molecular flexibility index (Phi) is 4.49. The van der Waals surface area contributed by atoms with E-state index in [1.54, 1.807) is 10.5 Å². The molecule has 1 N–H and O–H groups in total. The van der Waals surface area contributed by atoms with Crippen molar-refractivity contribution in [2.24, 2.45) is 0 Å². The summed E-state index contributed by atoms with van der Waals surface area (Å²) in [5.41, 5.74) is 0.749. The van der Waals surface area contributed by atoms with Gasteiger partial charge in [-0.05, 0) is 28.8 Å². The third-order valence-electron chi connectivity index (χ3n) is 3.96. The summed E-state index contributed by atoms with van der Waals surface area (Å²) in [6, 6.07) is 0. The van der Waals surface area contributed by atoms with Gasteiger partial charge in [-0.2, -0.15) is 4.31 Å². The average molecular weight is 375 g/mol. The van der Waals surface area contributed by atoms with Crippen LogP contribution in [0, 0.1) is 0 Å². The molecule has 2 fully saturated rings. The molecule has 0 aliphatic carbocycles. The molecule has 1 aromatic rings. The van der Waals surface area contributed by atoms with Crippen LogP contribution in [0.25, 0.3) is 0 Å². The monoisotopic (exact) mass is 374 g/mol. The van der Waals surface area contributed by atoms with E-state index in [4.69, 9.17) is 0 Å². The number of hydrogen-bond acceptors (Lipinski definition) is 5. The Labute approximate surface area is 133 Å². The van der Waals surface area contributed by atoms with Gasteiger partial charge >= 0.3 is 0 Å². The van der Waals surface area contributed by atoms with Gasteiger partial charge in [-0.3, -0.25) is 4.98 Å². The van der Waals surface area contributed by atoms with E-state index in [0.717, 1.165) is 49.2 Å². The molecular formula is C13H19BrN4O2S. The molecule has 3 heterocycles. The SMILES string of the molecule is O=S(=O)(c1cncc(Br)c1N1CCNCC1)N1CCCC1. The summed E-state index contributed by atoms with van der Waals surface area (Å²) in [6.45, 7) is 4.53. The molecule has 116 valence electrons. The van der Waals surface area contributed by atoms with E-state index in [1.807, 2.05) is 0 Å². The maximum Gasteiger partial charge on any atom is 0.246 e. The number of hydrogen-bond donors (Lipinski definition) is 1. The normalized spacial score (nSPS) is 20.9. The van der Waals surface area contributed by atoms with Crippen molar-refractivity contribution in [3.8, 4) is 0 Å². The Morgan fingerprint density at radius 1 is 1.10 bits per heavy atom. The quantitative estimate of drug-likeness (QED) is 0.855. The average Bonchev–Trinajstić information content (AvgIpc) is 3.03. The second-order valence-electron chi connectivity index (χ2n) is 5.32. The molecule has 0 saturated carbocycles. The van der Waals surface area contributed by atoms with Crippen molar-refractivity contribution >= 4 is 31.6 Å². The zero-order chi connectivity index (χ0) is 14.9. The van der Waals surface area contributed by atoms with Crippen molar-refractivity contribution < 1.29 is 8.42 Å². The van der Waals surface area contributed by atoms with Crippen LogP contribution in [0.5, 0.6) is 0 Å². The highest BCUT2D eigenvalue weighted by molar-refractivity contribution is 9.10. The smallest absolute Gasteiger partial charge is 0.246 e. The molecule has 2 saturated heterocycles. The van der Waals surface area contributed by atoms with Crippen LogP contribution in [0.3, 0.4) is 0 Å². The number of pyridine rings is 1. The molecule has 0 spiro atoms. The lowest BCUT2D eigenvalue weighted by atomic mass is 10.3. The van der Waals surface area contributed by atoms with Crippen LogP contribution in [0.1, 0.15) is 12.8 Å². The summed E-state index contributed by atoms with van der Waals surface area (Å²) in [6.07, 6.45) is 5.02. The minimum absolute atomic E-state index is 0.320. The van der Waals surface area contributed by atoms with Gasteiger partial charge in [0.2, 0.25) is 10.0 Å². The molecule has 0 radical (unpaired) electrons. The molecule has 1 aromatic heterocycles. The fraction of sp³-hybridized carbons (Fsp3) is 0.615. The highest BCUT2D eigenvalue weighted by atomic mass is 79.9. The van der Waals surface area contributed by atoms with Crippen molar-refractivity contribution in [1.82, 2.24) is 14.6 Å².